The molecule has 14 aromatic rings. The summed E-state index contributed by atoms with van der Waals surface area (Å²) in [5.74, 6) is 0. The Hall–Kier alpha value is -9.90. The van der Waals surface area contributed by atoms with Crippen molar-refractivity contribution >= 4 is 71.4 Å². The molecule has 1 spiro atoms. The summed E-state index contributed by atoms with van der Waals surface area (Å²) in [7, 11) is 0. The predicted molar refractivity (Wildman–Crippen MR) is 311 cm³/mol. The predicted octanol–water partition coefficient (Wildman–Crippen LogP) is 18.2. The average molecular weight is 953 g/mol. The topological polar surface area (TPSA) is 34.0 Å². The van der Waals surface area contributed by atoms with Gasteiger partial charge in [-0.1, -0.05) is 194 Å². The van der Waals surface area contributed by atoms with E-state index in [0.29, 0.717) is 0 Å². The van der Waals surface area contributed by atoms with Crippen molar-refractivity contribution in [1.29, 1.82) is 0 Å². The Morgan fingerprint density at radius 1 is 0.320 bits per heavy atom. The minimum Gasteiger partial charge on any atom is -0.310 e. The number of fused-ring (bicyclic) bond motifs is 19. The maximum atomic E-state index is 5.36. The van der Waals surface area contributed by atoms with Crippen LogP contribution in [0, 0.1) is 0 Å². The molecule has 2 aliphatic carbocycles. The van der Waals surface area contributed by atoms with Crippen LogP contribution in [0.3, 0.4) is 0 Å². The first kappa shape index (κ1) is 41.7. The lowest BCUT2D eigenvalue weighted by atomic mass is 9.70. The lowest BCUT2D eigenvalue weighted by Crippen LogP contribution is -2.26. The van der Waals surface area contributed by atoms with Gasteiger partial charge in [-0.2, -0.15) is 0 Å². The monoisotopic (exact) mass is 952 g/mol. The molecule has 16 rings (SSSR count). The second kappa shape index (κ2) is 16.1. The van der Waals surface area contributed by atoms with Crippen molar-refractivity contribution in [3.8, 4) is 50.3 Å². The van der Waals surface area contributed by atoms with Gasteiger partial charge in [0.05, 0.1) is 39.4 Å². The maximum Gasteiger partial charge on any atom is 0.0979 e. The summed E-state index contributed by atoms with van der Waals surface area (Å²) in [6, 6.07) is 95.6. The summed E-state index contributed by atoms with van der Waals surface area (Å²) >= 11 is 0. The molecule has 12 aromatic carbocycles. The highest BCUT2D eigenvalue weighted by Gasteiger charge is 2.51. The van der Waals surface area contributed by atoms with E-state index in [4.69, 9.17) is 9.97 Å². The van der Waals surface area contributed by atoms with E-state index in [0.717, 1.165) is 61.4 Å². The van der Waals surface area contributed by atoms with Crippen LogP contribution >= 0.6 is 0 Å². The van der Waals surface area contributed by atoms with Crippen LogP contribution in [0.1, 0.15) is 22.3 Å². The SMILES string of the molecule is c1ccc(-n2c3ccccc3c3cc(-c4ccc(N(c5ccc(-c6cnc7c8ccccc8c8ccccc8c7n6)cc5)c5ccc6c(c5)C5(c7ccccc7-c7ccccc75)c5ccccc5-6)cc4)ccc32)cc1. The first-order chi connectivity index (χ1) is 37.2. The number of aromatic nitrogens is 3. The van der Waals surface area contributed by atoms with Gasteiger partial charge in [-0.15, -0.1) is 0 Å². The number of anilines is 3. The lowest BCUT2D eigenvalue weighted by molar-refractivity contribution is 0.793. The third-order valence-electron chi connectivity index (χ3n) is 16.2. The number of hydrogen-bond acceptors (Lipinski definition) is 3. The Morgan fingerprint density at radius 3 is 1.44 bits per heavy atom. The van der Waals surface area contributed by atoms with Crippen molar-refractivity contribution in [2.75, 3.05) is 4.90 Å². The maximum absolute atomic E-state index is 5.36. The molecule has 2 aromatic heterocycles. The van der Waals surface area contributed by atoms with Crippen molar-refractivity contribution in [2.45, 2.75) is 5.41 Å². The molecule has 4 nitrogen and oxygen atoms in total. The van der Waals surface area contributed by atoms with Crippen LogP contribution in [0.25, 0.3) is 105 Å². The third kappa shape index (κ3) is 5.99. The summed E-state index contributed by atoms with van der Waals surface area (Å²) in [6.45, 7) is 0. The fourth-order valence-electron chi connectivity index (χ4n) is 13.0. The molecule has 75 heavy (non-hydrogen) atoms. The summed E-state index contributed by atoms with van der Waals surface area (Å²) in [5.41, 5.74) is 22.7. The molecule has 4 heteroatoms. The first-order valence-electron chi connectivity index (χ1n) is 25.8. The Kier molecular flexibility index (Phi) is 8.92. The smallest absolute Gasteiger partial charge is 0.0979 e. The van der Waals surface area contributed by atoms with E-state index >= 15 is 0 Å². The molecule has 0 atom stereocenters. The van der Waals surface area contributed by atoms with Crippen molar-refractivity contribution in [2.24, 2.45) is 0 Å². The summed E-state index contributed by atoms with van der Waals surface area (Å²) < 4.78 is 2.37. The number of hydrogen-bond donors (Lipinski definition) is 0. The molecule has 0 saturated carbocycles. The van der Waals surface area contributed by atoms with E-state index in [9.17, 15) is 0 Å². The van der Waals surface area contributed by atoms with Crippen molar-refractivity contribution in [1.82, 2.24) is 14.5 Å². The van der Waals surface area contributed by atoms with E-state index < -0.39 is 5.41 Å². The number of nitrogens with zero attached hydrogens (tertiary/aromatic N) is 4. The molecular formula is C71H44N4. The molecule has 2 heterocycles. The summed E-state index contributed by atoms with van der Waals surface area (Å²) in [4.78, 5) is 12.9. The zero-order valence-corrected chi connectivity index (χ0v) is 40.7. The van der Waals surface area contributed by atoms with Gasteiger partial charge < -0.3 is 9.47 Å². The van der Waals surface area contributed by atoms with Gasteiger partial charge in [-0.3, -0.25) is 4.98 Å². The van der Waals surface area contributed by atoms with E-state index in [1.807, 2.05) is 6.20 Å². The molecule has 0 N–H and O–H groups in total. The van der Waals surface area contributed by atoms with E-state index in [-0.39, 0.29) is 0 Å². The van der Waals surface area contributed by atoms with Crippen LogP contribution < -0.4 is 4.90 Å². The Labute approximate surface area is 433 Å². The number of para-hydroxylation sites is 2. The van der Waals surface area contributed by atoms with Crippen LogP contribution in [-0.2, 0) is 5.41 Å². The highest BCUT2D eigenvalue weighted by Crippen LogP contribution is 2.63. The fraction of sp³-hybridized carbons (Fsp3) is 0.0141. The quantitative estimate of drug-likeness (QED) is 0.156. The van der Waals surface area contributed by atoms with Crippen molar-refractivity contribution in [3.63, 3.8) is 0 Å². The van der Waals surface area contributed by atoms with Crippen LogP contribution in [0.5, 0.6) is 0 Å². The molecule has 348 valence electrons. The molecule has 0 fully saturated rings. The largest absolute Gasteiger partial charge is 0.310 e. The number of rotatable bonds is 6. The second-order valence-electron chi connectivity index (χ2n) is 20.0. The van der Waals surface area contributed by atoms with Gasteiger partial charge in [0, 0.05) is 49.9 Å². The summed E-state index contributed by atoms with van der Waals surface area (Å²) in [6.07, 6.45) is 1.93. The number of benzene rings is 12. The van der Waals surface area contributed by atoms with Crippen molar-refractivity contribution < 1.29 is 0 Å². The molecule has 2 aliphatic rings. The molecule has 0 unspecified atom stereocenters. The highest BCUT2D eigenvalue weighted by atomic mass is 15.1. The molecule has 0 amide bonds. The second-order valence-corrected chi connectivity index (χ2v) is 20.0. The van der Waals surface area contributed by atoms with E-state index in [1.54, 1.807) is 0 Å². The Balaban J connectivity index is 0.854. The standard InChI is InChI=1S/C71H44N4/c1-2-16-48(17-3-1)75-67-29-15-11-23-58(67)61-42-47(34-41-68(61)75)45-30-35-49(36-31-45)74(50-37-32-46(33-38-50)66-44-72-69-59-24-6-4-18-52(59)53-19-5-7-25-60(53)70(69)73-66)51-39-40-57-56-22-10-14-28-64(56)71(65(57)43-51)62-26-12-8-20-54(62)55-21-9-13-27-63(55)71/h1-44H. The van der Waals surface area contributed by atoms with E-state index in [2.05, 4.69) is 270 Å². The normalized spacial score (nSPS) is 12.9. The molecule has 0 saturated heterocycles. The molecule has 0 radical (unpaired) electrons. The van der Waals surface area contributed by atoms with E-state index in [1.165, 1.54) is 82.6 Å². The molecular weight excluding hydrogens is 909 g/mol. The fourth-order valence-corrected chi connectivity index (χ4v) is 13.0. The van der Waals surface area contributed by atoms with Gasteiger partial charge in [0.1, 0.15) is 0 Å². The van der Waals surface area contributed by atoms with Gasteiger partial charge in [-0.05, 0) is 133 Å². The van der Waals surface area contributed by atoms with Crippen LogP contribution in [0.15, 0.2) is 267 Å². The minimum absolute atomic E-state index is 0.471. The van der Waals surface area contributed by atoms with Crippen LogP contribution in [0.4, 0.5) is 17.1 Å². The average Bonchev–Trinajstić information content (AvgIpc) is 4.27. The summed E-state index contributed by atoms with van der Waals surface area (Å²) in [5, 5.41) is 7.07. The third-order valence-corrected chi connectivity index (χ3v) is 16.2. The Morgan fingerprint density at radius 2 is 0.800 bits per heavy atom. The zero-order chi connectivity index (χ0) is 49.2. The first-order valence-corrected chi connectivity index (χ1v) is 25.8. The van der Waals surface area contributed by atoms with Gasteiger partial charge >= 0.3 is 0 Å². The minimum atomic E-state index is -0.471. The lowest BCUT2D eigenvalue weighted by Gasteiger charge is -2.32. The molecule has 0 aliphatic heterocycles. The highest BCUT2D eigenvalue weighted by molar-refractivity contribution is 6.23. The van der Waals surface area contributed by atoms with Gasteiger partial charge in [0.2, 0.25) is 0 Å². The Bertz CT molecular complexity index is 4550. The zero-order valence-electron chi connectivity index (χ0n) is 40.7. The molecule has 0 bridgehead atoms. The van der Waals surface area contributed by atoms with Crippen LogP contribution in [-0.4, -0.2) is 14.5 Å². The van der Waals surface area contributed by atoms with Gasteiger partial charge in [0.15, 0.2) is 0 Å². The van der Waals surface area contributed by atoms with Gasteiger partial charge in [-0.25, -0.2) is 4.98 Å². The van der Waals surface area contributed by atoms with Crippen molar-refractivity contribution in [3.05, 3.63) is 289 Å². The van der Waals surface area contributed by atoms with Crippen LogP contribution in [0.2, 0.25) is 0 Å². The van der Waals surface area contributed by atoms with Gasteiger partial charge in [0.25, 0.3) is 0 Å².